The Bertz CT molecular complexity index is 633. The summed E-state index contributed by atoms with van der Waals surface area (Å²) in [5, 5.41) is 7.50. The predicted octanol–water partition coefficient (Wildman–Crippen LogP) is -0.771. The molecule has 0 radical (unpaired) electrons. The van der Waals surface area contributed by atoms with Crippen LogP contribution in [0.25, 0.3) is 0 Å². The van der Waals surface area contributed by atoms with Gasteiger partial charge in [-0.2, -0.15) is 0 Å². The number of nitrogens with one attached hydrogen (secondary N) is 3. The van der Waals surface area contributed by atoms with Gasteiger partial charge in [-0.15, -0.1) is 0 Å². The SMILES string of the molecule is CC(=O)NC(Cc1ccccc1)C(=O)NC(C)C(=O)NC(C)C(N)=O. The molecule has 8 nitrogen and oxygen atoms in total. The Hall–Kier alpha value is -2.90. The van der Waals surface area contributed by atoms with Gasteiger partial charge >= 0.3 is 0 Å². The fraction of sp³-hybridized carbons (Fsp3) is 0.412. The highest BCUT2D eigenvalue weighted by atomic mass is 16.2. The normalized spacial score (nSPS) is 13.9. The first-order valence-electron chi connectivity index (χ1n) is 7.91. The second-order valence-corrected chi connectivity index (χ2v) is 5.81. The summed E-state index contributed by atoms with van der Waals surface area (Å²) in [7, 11) is 0. The highest BCUT2D eigenvalue weighted by Crippen LogP contribution is 2.04. The average molecular weight is 348 g/mol. The van der Waals surface area contributed by atoms with Crippen molar-refractivity contribution in [2.24, 2.45) is 5.73 Å². The number of amides is 4. The molecule has 1 aromatic carbocycles. The van der Waals surface area contributed by atoms with Gasteiger partial charge in [-0.05, 0) is 19.4 Å². The summed E-state index contributed by atoms with van der Waals surface area (Å²) in [4.78, 5) is 46.7. The van der Waals surface area contributed by atoms with E-state index in [1.54, 1.807) is 0 Å². The molecule has 1 rings (SSSR count). The van der Waals surface area contributed by atoms with Gasteiger partial charge in [0.15, 0.2) is 0 Å². The van der Waals surface area contributed by atoms with Gasteiger partial charge in [0.05, 0.1) is 0 Å². The van der Waals surface area contributed by atoms with Crippen LogP contribution >= 0.6 is 0 Å². The molecular formula is C17H24N4O4. The molecule has 1 aromatic rings. The van der Waals surface area contributed by atoms with Crippen molar-refractivity contribution >= 4 is 23.6 Å². The first-order chi connectivity index (χ1) is 11.7. The molecule has 5 N–H and O–H groups in total. The van der Waals surface area contributed by atoms with Crippen molar-refractivity contribution in [3.05, 3.63) is 35.9 Å². The van der Waals surface area contributed by atoms with E-state index in [1.807, 2.05) is 30.3 Å². The van der Waals surface area contributed by atoms with Crippen LogP contribution < -0.4 is 21.7 Å². The molecule has 0 bridgehead atoms. The van der Waals surface area contributed by atoms with E-state index in [2.05, 4.69) is 16.0 Å². The van der Waals surface area contributed by atoms with Gasteiger partial charge < -0.3 is 21.7 Å². The van der Waals surface area contributed by atoms with Crippen LogP contribution in [0.15, 0.2) is 30.3 Å². The molecule has 0 aromatic heterocycles. The lowest BCUT2D eigenvalue weighted by Gasteiger charge is -2.21. The number of hydrogen-bond donors (Lipinski definition) is 4. The first-order valence-corrected chi connectivity index (χ1v) is 7.91. The molecule has 4 amide bonds. The molecule has 136 valence electrons. The van der Waals surface area contributed by atoms with E-state index in [1.165, 1.54) is 20.8 Å². The van der Waals surface area contributed by atoms with Crippen LogP contribution in [0.4, 0.5) is 0 Å². The summed E-state index contributed by atoms with van der Waals surface area (Å²) in [5.74, 6) is -2.06. The third-order valence-corrected chi connectivity index (χ3v) is 3.51. The quantitative estimate of drug-likeness (QED) is 0.491. The number of rotatable bonds is 8. The minimum Gasteiger partial charge on any atom is -0.368 e. The molecule has 3 unspecified atom stereocenters. The van der Waals surface area contributed by atoms with Gasteiger partial charge in [0, 0.05) is 13.3 Å². The van der Waals surface area contributed by atoms with Crippen molar-refractivity contribution in [2.75, 3.05) is 0 Å². The lowest BCUT2D eigenvalue weighted by molar-refractivity contribution is -0.132. The van der Waals surface area contributed by atoms with Crippen molar-refractivity contribution in [1.29, 1.82) is 0 Å². The Morgan fingerprint density at radius 3 is 2.00 bits per heavy atom. The minimum atomic E-state index is -0.888. The zero-order chi connectivity index (χ0) is 19.0. The number of carbonyl (C=O) groups excluding carboxylic acids is 4. The highest BCUT2D eigenvalue weighted by molar-refractivity contribution is 5.93. The van der Waals surface area contributed by atoms with Crippen LogP contribution in [-0.4, -0.2) is 41.8 Å². The summed E-state index contributed by atoms with van der Waals surface area (Å²) in [5.41, 5.74) is 5.96. The maximum absolute atomic E-state index is 12.4. The summed E-state index contributed by atoms with van der Waals surface area (Å²) >= 11 is 0. The molecule has 0 saturated carbocycles. The zero-order valence-electron chi connectivity index (χ0n) is 14.5. The van der Waals surface area contributed by atoms with Crippen LogP contribution in [0.5, 0.6) is 0 Å². The van der Waals surface area contributed by atoms with Crippen molar-refractivity contribution in [2.45, 2.75) is 45.3 Å². The maximum atomic E-state index is 12.4. The summed E-state index contributed by atoms with van der Waals surface area (Å²) < 4.78 is 0. The van der Waals surface area contributed by atoms with Gasteiger partial charge in [-0.1, -0.05) is 30.3 Å². The standard InChI is InChI=1S/C17H24N4O4/c1-10(15(18)23)19-16(24)11(2)20-17(25)14(21-12(3)22)9-13-7-5-4-6-8-13/h4-8,10-11,14H,9H2,1-3H3,(H2,18,23)(H,19,24)(H,20,25)(H,21,22). The van der Waals surface area contributed by atoms with Crippen LogP contribution in [0.1, 0.15) is 26.3 Å². The molecular weight excluding hydrogens is 324 g/mol. The monoisotopic (exact) mass is 348 g/mol. The predicted molar refractivity (Wildman–Crippen MR) is 92.2 cm³/mol. The van der Waals surface area contributed by atoms with E-state index >= 15 is 0 Å². The molecule has 0 aliphatic heterocycles. The number of hydrogen-bond acceptors (Lipinski definition) is 4. The number of carbonyl (C=O) groups is 4. The van der Waals surface area contributed by atoms with Gasteiger partial charge in [0.2, 0.25) is 23.6 Å². The van der Waals surface area contributed by atoms with E-state index in [4.69, 9.17) is 5.73 Å². The lowest BCUT2D eigenvalue weighted by atomic mass is 10.0. The van der Waals surface area contributed by atoms with E-state index in [0.29, 0.717) is 0 Å². The molecule has 25 heavy (non-hydrogen) atoms. The fourth-order valence-corrected chi connectivity index (χ4v) is 2.09. The van der Waals surface area contributed by atoms with Crippen LogP contribution in [0, 0.1) is 0 Å². The minimum absolute atomic E-state index is 0.290. The van der Waals surface area contributed by atoms with E-state index in [0.717, 1.165) is 5.56 Å². The topological polar surface area (TPSA) is 130 Å². The zero-order valence-corrected chi connectivity index (χ0v) is 14.5. The first kappa shape index (κ1) is 20.1. The van der Waals surface area contributed by atoms with Crippen molar-refractivity contribution in [1.82, 2.24) is 16.0 Å². The van der Waals surface area contributed by atoms with Gasteiger partial charge in [-0.25, -0.2) is 0 Å². The van der Waals surface area contributed by atoms with Crippen molar-refractivity contribution in [3.8, 4) is 0 Å². The van der Waals surface area contributed by atoms with Crippen LogP contribution in [-0.2, 0) is 25.6 Å². The van der Waals surface area contributed by atoms with E-state index in [-0.39, 0.29) is 12.3 Å². The smallest absolute Gasteiger partial charge is 0.243 e. The molecule has 8 heteroatoms. The Kier molecular flexibility index (Phi) is 7.58. The molecule has 0 heterocycles. The molecule has 0 spiro atoms. The molecule has 0 aliphatic rings. The Labute approximate surface area is 146 Å². The molecule has 0 aliphatic carbocycles. The average Bonchev–Trinajstić information content (AvgIpc) is 2.54. The molecule has 3 atom stereocenters. The van der Waals surface area contributed by atoms with Crippen molar-refractivity contribution in [3.63, 3.8) is 0 Å². The highest BCUT2D eigenvalue weighted by Gasteiger charge is 2.25. The maximum Gasteiger partial charge on any atom is 0.243 e. The number of benzene rings is 1. The van der Waals surface area contributed by atoms with Gasteiger partial charge in [-0.3, -0.25) is 19.2 Å². The largest absolute Gasteiger partial charge is 0.368 e. The van der Waals surface area contributed by atoms with Gasteiger partial charge in [0.1, 0.15) is 18.1 Å². The second kappa shape index (κ2) is 9.41. The number of nitrogens with two attached hydrogens (primary N) is 1. The Morgan fingerprint density at radius 1 is 0.920 bits per heavy atom. The Balaban J connectivity index is 2.72. The summed E-state index contributed by atoms with van der Waals surface area (Å²) in [6.45, 7) is 4.24. The Morgan fingerprint density at radius 2 is 1.48 bits per heavy atom. The third kappa shape index (κ3) is 7.03. The third-order valence-electron chi connectivity index (χ3n) is 3.51. The summed E-state index contributed by atoms with van der Waals surface area (Å²) in [6.07, 6.45) is 0.290. The molecule has 0 saturated heterocycles. The van der Waals surface area contributed by atoms with Gasteiger partial charge in [0.25, 0.3) is 0 Å². The van der Waals surface area contributed by atoms with Crippen LogP contribution in [0.3, 0.4) is 0 Å². The fourth-order valence-electron chi connectivity index (χ4n) is 2.09. The van der Waals surface area contributed by atoms with E-state index < -0.39 is 35.8 Å². The number of primary amides is 1. The van der Waals surface area contributed by atoms with Crippen LogP contribution in [0.2, 0.25) is 0 Å². The van der Waals surface area contributed by atoms with E-state index in [9.17, 15) is 19.2 Å². The second-order valence-electron chi connectivity index (χ2n) is 5.81. The lowest BCUT2D eigenvalue weighted by Crippen LogP contribution is -2.55. The molecule has 0 fully saturated rings. The summed E-state index contributed by atoms with van der Waals surface area (Å²) in [6, 6.07) is 6.65. The van der Waals surface area contributed by atoms with Crippen molar-refractivity contribution < 1.29 is 19.2 Å².